The molecule has 1 unspecified atom stereocenters. The Bertz CT molecular complexity index is 1110. The summed E-state index contributed by atoms with van der Waals surface area (Å²) in [6.07, 6.45) is 5.90. The van der Waals surface area contributed by atoms with Crippen LogP contribution in [0.4, 0.5) is 4.79 Å². The van der Waals surface area contributed by atoms with E-state index in [0.29, 0.717) is 19.5 Å². The fourth-order valence-electron chi connectivity index (χ4n) is 6.75. The average Bonchev–Trinajstić information content (AvgIpc) is 3.55. The number of carbonyl (C=O) groups excluding carboxylic acids is 5. The molecule has 1 aliphatic heterocycles. The lowest BCUT2D eigenvalue weighted by Gasteiger charge is -2.38. The van der Waals surface area contributed by atoms with E-state index in [-0.39, 0.29) is 40.5 Å². The molecule has 2 aliphatic carbocycles. The molecule has 3 rings (SSSR count). The number of carbonyl (C=O) groups is 5. The number of amides is 5. The van der Waals surface area contributed by atoms with Crippen LogP contribution in [0.5, 0.6) is 0 Å². The summed E-state index contributed by atoms with van der Waals surface area (Å²) in [6, 6.07) is -3.36. The van der Waals surface area contributed by atoms with Crippen LogP contribution in [0.15, 0.2) is 0 Å². The van der Waals surface area contributed by atoms with Gasteiger partial charge in [-0.2, -0.15) is 0 Å². The zero-order valence-corrected chi connectivity index (χ0v) is 29.2. The van der Waals surface area contributed by atoms with Crippen LogP contribution in [0.3, 0.4) is 0 Å². The molecule has 0 spiro atoms. The van der Waals surface area contributed by atoms with Gasteiger partial charge in [-0.05, 0) is 66.6 Å². The molecule has 0 bridgehead atoms. The molecule has 0 aromatic rings. The van der Waals surface area contributed by atoms with E-state index in [1.165, 1.54) is 0 Å². The van der Waals surface area contributed by atoms with Crippen molar-refractivity contribution in [2.24, 2.45) is 39.7 Å². The lowest BCUT2D eigenvalue weighted by atomic mass is 9.79. The van der Waals surface area contributed by atoms with E-state index in [1.807, 2.05) is 34.1 Å². The number of Topliss-reactive ketones (excluding diaryl/α,β-unsaturated/α-hetero) is 1. The molecular formula is C32H56N6O5S. The quantitative estimate of drug-likeness (QED) is 0.190. The van der Waals surface area contributed by atoms with Crippen LogP contribution in [0.25, 0.3) is 0 Å². The maximum absolute atomic E-state index is 14.5. The predicted molar refractivity (Wildman–Crippen MR) is 173 cm³/mol. The van der Waals surface area contributed by atoms with Crippen molar-refractivity contribution >= 4 is 41.5 Å². The molecule has 5 N–H and O–H groups in total. The summed E-state index contributed by atoms with van der Waals surface area (Å²) >= 11 is 1.58. The standard InChI is InChI=1S/C32H56N6O5S/c1-30(2,3)22(17-37(9)44-10)35-29(43)36-25(31(4,5)6)28(42)38-16-20-19(13-14-32(20,7)8)23(38)27(41)34-21(15-18-11-12-18)24(39)26(33)40/h18-23,25H,11-17H2,1-10H3,(H2,33,40)(H,34,41)(H2,35,36,43)/t19-,20-,21?,22+,23-,25+/m0/s1. The molecule has 1 saturated heterocycles. The zero-order chi connectivity index (χ0) is 33.4. The Morgan fingerprint density at radius 3 is 2.09 bits per heavy atom. The highest BCUT2D eigenvalue weighted by atomic mass is 32.2. The monoisotopic (exact) mass is 636 g/mol. The number of urea groups is 1. The van der Waals surface area contributed by atoms with Gasteiger partial charge in [-0.1, -0.05) is 80.2 Å². The smallest absolute Gasteiger partial charge is 0.315 e. The second kappa shape index (κ2) is 13.6. The Kier molecular flexibility index (Phi) is 11.1. The number of nitrogens with zero attached hydrogens (tertiary/aromatic N) is 2. The number of likely N-dealkylation sites (tertiary alicyclic amines) is 1. The van der Waals surface area contributed by atoms with Crippen LogP contribution in [0.1, 0.15) is 87.5 Å². The summed E-state index contributed by atoms with van der Waals surface area (Å²) in [5.41, 5.74) is 4.36. The van der Waals surface area contributed by atoms with Gasteiger partial charge in [-0.25, -0.2) is 4.79 Å². The molecule has 250 valence electrons. The Labute approximate surface area is 268 Å². The summed E-state index contributed by atoms with van der Waals surface area (Å²) in [6.45, 7) is 17.2. The highest BCUT2D eigenvalue weighted by Gasteiger charge is 2.57. The third kappa shape index (κ3) is 8.68. The van der Waals surface area contributed by atoms with Gasteiger partial charge in [-0.15, -0.1) is 0 Å². The van der Waals surface area contributed by atoms with Crippen molar-refractivity contribution < 1.29 is 24.0 Å². The number of ketones is 1. The molecule has 5 amide bonds. The normalized spacial score (nSPS) is 25.2. The van der Waals surface area contributed by atoms with Crippen LogP contribution >= 0.6 is 11.9 Å². The maximum atomic E-state index is 14.5. The third-order valence-electron chi connectivity index (χ3n) is 9.96. The first kappa shape index (κ1) is 36.1. The van der Waals surface area contributed by atoms with Crippen molar-refractivity contribution in [3.05, 3.63) is 0 Å². The van der Waals surface area contributed by atoms with E-state index in [4.69, 9.17) is 5.73 Å². The summed E-state index contributed by atoms with van der Waals surface area (Å²) < 4.78 is 2.05. The molecule has 3 fully saturated rings. The Morgan fingerprint density at radius 2 is 1.59 bits per heavy atom. The SMILES string of the molecule is CSN(C)C[C@@H](NC(=O)N[C@H](C(=O)N1C[C@H]2[C@H](CCC2(C)C)[C@H]1C(=O)NC(CC1CC1)C(=O)C(N)=O)C(C)(C)C)C(C)(C)C. The Hall–Kier alpha value is -2.34. The number of hydrogen-bond acceptors (Lipinski definition) is 7. The molecule has 0 aromatic carbocycles. The third-order valence-corrected chi connectivity index (χ3v) is 10.7. The predicted octanol–water partition coefficient (Wildman–Crippen LogP) is 2.93. The van der Waals surface area contributed by atoms with Crippen LogP contribution in [-0.4, -0.2) is 89.3 Å². The van der Waals surface area contributed by atoms with Crippen molar-refractivity contribution in [1.82, 2.24) is 25.2 Å². The fraction of sp³-hybridized carbons (Fsp3) is 0.844. The molecular weight excluding hydrogens is 580 g/mol. The van der Waals surface area contributed by atoms with E-state index in [0.717, 1.165) is 25.7 Å². The van der Waals surface area contributed by atoms with E-state index in [1.54, 1.807) is 16.8 Å². The van der Waals surface area contributed by atoms with Crippen LogP contribution in [-0.2, 0) is 19.2 Å². The van der Waals surface area contributed by atoms with Gasteiger partial charge in [0.2, 0.25) is 17.6 Å². The largest absolute Gasteiger partial charge is 0.363 e. The van der Waals surface area contributed by atoms with Crippen molar-refractivity contribution in [2.75, 3.05) is 26.4 Å². The molecule has 6 atom stereocenters. The van der Waals surface area contributed by atoms with Gasteiger partial charge in [0.1, 0.15) is 12.1 Å². The van der Waals surface area contributed by atoms with Gasteiger partial charge in [-0.3, -0.25) is 23.5 Å². The highest BCUT2D eigenvalue weighted by molar-refractivity contribution is 7.96. The van der Waals surface area contributed by atoms with Crippen LogP contribution in [0, 0.1) is 34.0 Å². The molecule has 12 heteroatoms. The number of hydrogen-bond donors (Lipinski definition) is 4. The number of fused-ring (bicyclic) bond motifs is 1. The van der Waals surface area contributed by atoms with Gasteiger partial charge >= 0.3 is 6.03 Å². The van der Waals surface area contributed by atoms with Crippen LogP contribution in [0.2, 0.25) is 0 Å². The summed E-state index contributed by atoms with van der Waals surface area (Å²) in [5.74, 6) is -2.39. The van der Waals surface area contributed by atoms with Crippen molar-refractivity contribution in [3.63, 3.8) is 0 Å². The minimum atomic E-state index is -1.07. The summed E-state index contributed by atoms with van der Waals surface area (Å²) in [4.78, 5) is 68.1. The topological polar surface area (TPSA) is 154 Å². The zero-order valence-electron chi connectivity index (χ0n) is 28.4. The minimum absolute atomic E-state index is 0.0812. The molecule has 1 heterocycles. The van der Waals surface area contributed by atoms with Crippen molar-refractivity contribution in [1.29, 1.82) is 0 Å². The fourth-order valence-corrected chi connectivity index (χ4v) is 7.04. The maximum Gasteiger partial charge on any atom is 0.315 e. The average molecular weight is 637 g/mol. The number of likely N-dealkylation sites (N-methyl/N-ethyl adjacent to an activating group) is 1. The van der Waals surface area contributed by atoms with Gasteiger partial charge in [0.05, 0.1) is 6.04 Å². The van der Waals surface area contributed by atoms with Gasteiger partial charge in [0.25, 0.3) is 5.91 Å². The summed E-state index contributed by atoms with van der Waals surface area (Å²) in [5, 5.41) is 8.89. The second-order valence-electron chi connectivity index (χ2n) is 16.0. The number of nitrogens with two attached hydrogens (primary N) is 1. The van der Waals surface area contributed by atoms with Gasteiger partial charge < -0.3 is 26.6 Å². The van der Waals surface area contributed by atoms with E-state index in [9.17, 15) is 24.0 Å². The molecule has 3 aliphatic rings. The van der Waals surface area contributed by atoms with Crippen LogP contribution < -0.4 is 21.7 Å². The van der Waals surface area contributed by atoms with E-state index in [2.05, 4.69) is 54.9 Å². The lowest BCUT2D eigenvalue weighted by molar-refractivity contribution is -0.144. The van der Waals surface area contributed by atoms with E-state index >= 15 is 0 Å². The molecule has 2 saturated carbocycles. The van der Waals surface area contributed by atoms with Crippen molar-refractivity contribution in [2.45, 2.75) is 112 Å². The Morgan fingerprint density at radius 1 is 0.977 bits per heavy atom. The number of nitrogens with one attached hydrogen (secondary N) is 3. The lowest BCUT2D eigenvalue weighted by Crippen LogP contribution is -2.62. The second-order valence-corrected chi connectivity index (χ2v) is 17.0. The molecule has 44 heavy (non-hydrogen) atoms. The van der Waals surface area contributed by atoms with Gasteiger partial charge in [0, 0.05) is 19.1 Å². The highest BCUT2D eigenvalue weighted by Crippen LogP contribution is 2.53. The Balaban J connectivity index is 1.88. The minimum Gasteiger partial charge on any atom is -0.363 e. The molecule has 0 radical (unpaired) electrons. The first-order valence-corrected chi connectivity index (χ1v) is 17.1. The molecule has 0 aromatic heterocycles. The molecule has 11 nitrogen and oxygen atoms in total. The van der Waals surface area contributed by atoms with Crippen molar-refractivity contribution in [3.8, 4) is 0 Å². The first-order chi connectivity index (χ1) is 20.2. The van der Waals surface area contributed by atoms with E-state index < -0.39 is 47.2 Å². The van der Waals surface area contributed by atoms with Gasteiger partial charge in [0.15, 0.2) is 0 Å². The number of rotatable bonds is 12. The summed E-state index contributed by atoms with van der Waals surface area (Å²) in [7, 11) is 1.97. The first-order valence-electron chi connectivity index (χ1n) is 15.9. The number of primary amides is 1.